The van der Waals surface area contributed by atoms with Gasteiger partial charge < -0.3 is 10.2 Å². The van der Waals surface area contributed by atoms with Crippen LogP contribution in [0.3, 0.4) is 0 Å². The molecule has 2 aliphatic rings. The summed E-state index contributed by atoms with van der Waals surface area (Å²) < 4.78 is 68.0. The average Bonchev–Trinajstić information content (AvgIpc) is 3.63. The van der Waals surface area contributed by atoms with Crippen LogP contribution in [0, 0.1) is 23.5 Å². The molecule has 1 aliphatic carbocycles. The van der Waals surface area contributed by atoms with E-state index in [2.05, 4.69) is 10.3 Å². The summed E-state index contributed by atoms with van der Waals surface area (Å²) in [6.07, 6.45) is -1.22. The third kappa shape index (κ3) is 5.08. The fourth-order valence-corrected chi connectivity index (χ4v) is 4.87. The lowest BCUT2D eigenvalue weighted by Crippen LogP contribution is -2.49. The van der Waals surface area contributed by atoms with Crippen molar-refractivity contribution in [3.8, 4) is 0 Å². The largest absolute Gasteiger partial charge is 0.419 e. The predicted molar refractivity (Wildman–Crippen MR) is 122 cm³/mol. The fraction of sp³-hybridized carbons (Fsp3) is 0.500. The first-order valence-corrected chi connectivity index (χ1v) is 12.1. The number of likely N-dealkylation sites (tertiary alicyclic amines) is 1. The number of alkyl halides is 3. The van der Waals surface area contributed by atoms with Gasteiger partial charge in [-0.1, -0.05) is 13.8 Å². The smallest absolute Gasteiger partial charge is 0.347 e. The van der Waals surface area contributed by atoms with Crippen LogP contribution in [0.5, 0.6) is 0 Å². The summed E-state index contributed by atoms with van der Waals surface area (Å²) in [5.41, 5.74) is -0.891. The molecular weight excluding hydrogens is 481 g/mol. The molecule has 4 atom stereocenters. The van der Waals surface area contributed by atoms with Gasteiger partial charge in [0.2, 0.25) is 5.91 Å². The van der Waals surface area contributed by atoms with E-state index in [4.69, 9.17) is 0 Å². The van der Waals surface area contributed by atoms with Crippen molar-refractivity contribution in [2.24, 2.45) is 11.8 Å². The van der Waals surface area contributed by atoms with Crippen LogP contribution in [0.2, 0.25) is 0 Å². The van der Waals surface area contributed by atoms with E-state index in [1.54, 1.807) is 12.1 Å². The molecule has 0 radical (unpaired) electrons. The summed E-state index contributed by atoms with van der Waals surface area (Å²) >= 11 is 0. The summed E-state index contributed by atoms with van der Waals surface area (Å²) in [5, 5.41) is 2.72. The van der Waals surface area contributed by atoms with Gasteiger partial charge in [0, 0.05) is 17.8 Å². The van der Waals surface area contributed by atoms with Gasteiger partial charge in [0.25, 0.3) is 5.91 Å². The number of halogens is 5. The Kier molecular flexibility index (Phi) is 7.07. The molecule has 1 unspecified atom stereocenters. The van der Waals surface area contributed by atoms with Crippen LogP contribution >= 0.6 is 0 Å². The van der Waals surface area contributed by atoms with Crippen molar-refractivity contribution in [1.82, 2.24) is 15.2 Å². The molecule has 1 saturated heterocycles. The quantitative estimate of drug-likeness (QED) is 0.527. The average molecular weight is 510 g/mol. The molecule has 0 bridgehead atoms. The number of carbonyl (C=O) groups excluding carboxylic acids is 2. The van der Waals surface area contributed by atoms with E-state index in [1.165, 1.54) is 11.1 Å². The number of aryl methyl sites for hydroxylation is 1. The number of hydrogen-bond acceptors (Lipinski definition) is 3. The van der Waals surface area contributed by atoms with Crippen molar-refractivity contribution in [2.75, 3.05) is 0 Å². The summed E-state index contributed by atoms with van der Waals surface area (Å²) in [4.78, 5) is 32.5. The second-order valence-electron chi connectivity index (χ2n) is 9.76. The number of nitrogens with zero attached hydrogens (tertiary/aromatic N) is 2. The number of benzene rings is 1. The lowest BCUT2D eigenvalue weighted by atomic mass is 9.98. The van der Waals surface area contributed by atoms with E-state index in [-0.39, 0.29) is 35.2 Å². The Morgan fingerprint density at radius 3 is 2.44 bits per heavy atom. The maximum atomic E-state index is 14.8. The third-order valence-corrected chi connectivity index (χ3v) is 7.30. The first-order chi connectivity index (χ1) is 16.9. The summed E-state index contributed by atoms with van der Waals surface area (Å²) in [6, 6.07) is 1.98. The van der Waals surface area contributed by atoms with E-state index in [9.17, 15) is 31.5 Å². The number of carbonyl (C=O) groups is 2. The Morgan fingerprint density at radius 1 is 1.14 bits per heavy atom. The Bertz CT molecular complexity index is 1160. The number of nitrogens with one attached hydrogen (secondary N) is 1. The van der Waals surface area contributed by atoms with Gasteiger partial charge in [-0.2, -0.15) is 13.2 Å². The third-order valence-electron chi connectivity index (χ3n) is 7.30. The molecule has 1 saturated carbocycles. The van der Waals surface area contributed by atoms with Gasteiger partial charge in [0.1, 0.15) is 23.4 Å². The molecule has 1 aliphatic heterocycles. The standard InChI is InChI=1S/C26H28F5N3O2/c1-4-15-7-8-32-21(10-15)25(36)34-14(3)13(2)9-22(34)24(35)33-23(16-5-6-16)17-11-20(28)18(12-19(17)27)26(29,30)31/h7-8,10-14,16,22-23H,4-6,9H2,1-3H3,(H,33,35)/t13-,14-,22-,23?/m1/s1. The molecule has 2 aromatic rings. The highest BCUT2D eigenvalue weighted by atomic mass is 19.4. The number of rotatable bonds is 6. The maximum Gasteiger partial charge on any atom is 0.419 e. The van der Waals surface area contributed by atoms with Crippen LogP contribution in [0.1, 0.15) is 73.3 Å². The van der Waals surface area contributed by atoms with E-state index < -0.39 is 47.3 Å². The molecule has 1 aromatic heterocycles. The zero-order valence-electron chi connectivity index (χ0n) is 20.2. The van der Waals surface area contributed by atoms with Crippen LogP contribution in [-0.2, 0) is 17.4 Å². The lowest BCUT2D eigenvalue weighted by Gasteiger charge is -2.30. The molecule has 4 rings (SSSR count). The second-order valence-corrected chi connectivity index (χ2v) is 9.76. The van der Waals surface area contributed by atoms with Crippen molar-refractivity contribution in [3.05, 3.63) is 64.5 Å². The number of amides is 2. The molecule has 0 spiro atoms. The Labute approximate surface area is 206 Å². The summed E-state index contributed by atoms with van der Waals surface area (Å²) in [7, 11) is 0. The van der Waals surface area contributed by atoms with Crippen LogP contribution in [0.25, 0.3) is 0 Å². The van der Waals surface area contributed by atoms with Crippen molar-refractivity contribution >= 4 is 11.8 Å². The highest BCUT2D eigenvalue weighted by Crippen LogP contribution is 2.44. The van der Waals surface area contributed by atoms with Crippen LogP contribution < -0.4 is 5.32 Å². The van der Waals surface area contributed by atoms with Crippen LogP contribution in [0.15, 0.2) is 30.5 Å². The molecule has 194 valence electrons. The highest BCUT2D eigenvalue weighted by molar-refractivity contribution is 5.97. The molecule has 1 aromatic carbocycles. The molecule has 2 heterocycles. The maximum absolute atomic E-state index is 14.8. The minimum Gasteiger partial charge on any atom is -0.347 e. The Balaban J connectivity index is 1.61. The van der Waals surface area contributed by atoms with E-state index in [1.807, 2.05) is 20.8 Å². The van der Waals surface area contributed by atoms with Gasteiger partial charge in [-0.25, -0.2) is 8.78 Å². The molecule has 5 nitrogen and oxygen atoms in total. The van der Waals surface area contributed by atoms with Gasteiger partial charge in [-0.3, -0.25) is 14.6 Å². The monoisotopic (exact) mass is 509 g/mol. The fourth-order valence-electron chi connectivity index (χ4n) is 4.87. The van der Waals surface area contributed by atoms with Gasteiger partial charge in [-0.15, -0.1) is 0 Å². The van der Waals surface area contributed by atoms with Gasteiger partial charge in [-0.05, 0) is 74.3 Å². The van der Waals surface area contributed by atoms with Gasteiger partial charge in [0.15, 0.2) is 0 Å². The van der Waals surface area contributed by atoms with Crippen molar-refractivity contribution < 1.29 is 31.5 Å². The van der Waals surface area contributed by atoms with E-state index >= 15 is 0 Å². The summed E-state index contributed by atoms with van der Waals surface area (Å²) in [5.74, 6) is -4.04. The number of aromatic nitrogens is 1. The first kappa shape index (κ1) is 26.0. The van der Waals surface area contributed by atoms with Crippen molar-refractivity contribution in [3.63, 3.8) is 0 Å². The normalized spacial score (nSPS) is 23.0. The topological polar surface area (TPSA) is 62.3 Å². The minimum absolute atomic E-state index is 0.0151. The van der Waals surface area contributed by atoms with E-state index in [0.29, 0.717) is 31.7 Å². The minimum atomic E-state index is -5.04. The van der Waals surface area contributed by atoms with Crippen molar-refractivity contribution in [2.45, 2.75) is 70.8 Å². The van der Waals surface area contributed by atoms with Crippen LogP contribution in [0.4, 0.5) is 22.0 Å². The molecule has 2 amide bonds. The SMILES string of the molecule is CCc1ccnc(C(=O)N2[C@@H](C(=O)NC(c3cc(F)c(C(F)(F)F)cc3F)C3CC3)C[C@@H](C)[C@H]2C)c1. The van der Waals surface area contributed by atoms with E-state index in [0.717, 1.165) is 5.56 Å². The molecule has 1 N–H and O–H groups in total. The van der Waals surface area contributed by atoms with Gasteiger partial charge in [0.05, 0.1) is 11.6 Å². The predicted octanol–water partition coefficient (Wildman–Crippen LogP) is 5.45. The summed E-state index contributed by atoms with van der Waals surface area (Å²) in [6.45, 7) is 5.70. The first-order valence-electron chi connectivity index (χ1n) is 12.1. The molecule has 10 heteroatoms. The zero-order chi connectivity index (χ0) is 26.4. The Morgan fingerprint density at radius 2 is 1.83 bits per heavy atom. The Hall–Kier alpha value is -3.04. The number of hydrogen-bond donors (Lipinski definition) is 1. The highest BCUT2D eigenvalue weighted by Gasteiger charge is 2.46. The molecular formula is C26H28F5N3O2. The second kappa shape index (κ2) is 9.78. The van der Waals surface area contributed by atoms with Crippen LogP contribution in [-0.4, -0.2) is 33.8 Å². The zero-order valence-corrected chi connectivity index (χ0v) is 20.2. The molecule has 2 fully saturated rings. The van der Waals surface area contributed by atoms with Gasteiger partial charge >= 0.3 is 6.18 Å². The number of pyridine rings is 1. The lowest BCUT2D eigenvalue weighted by molar-refractivity contribution is -0.140. The van der Waals surface area contributed by atoms with Crippen molar-refractivity contribution in [1.29, 1.82) is 0 Å². The molecule has 36 heavy (non-hydrogen) atoms.